The summed E-state index contributed by atoms with van der Waals surface area (Å²) in [4.78, 5) is 0.451. The number of nitrogens with one attached hydrogen (secondary N) is 1. The second-order valence-corrected chi connectivity index (χ2v) is 6.55. The number of fused-ring (bicyclic) bond motifs is 1. The van der Waals surface area contributed by atoms with Crippen molar-refractivity contribution in [3.8, 4) is 5.75 Å². The van der Waals surface area contributed by atoms with E-state index in [1.807, 2.05) is 13.0 Å². The molecule has 2 rings (SSSR count). The molecule has 0 aliphatic carbocycles. The minimum atomic E-state index is -3.15. The van der Waals surface area contributed by atoms with E-state index in [1.165, 1.54) is 0 Å². The maximum Gasteiger partial charge on any atom is 0.178 e. The molecule has 4 nitrogen and oxygen atoms in total. The lowest BCUT2D eigenvalue weighted by molar-refractivity contribution is 0.411. The molecule has 0 fully saturated rings. The highest BCUT2D eigenvalue weighted by atomic mass is 32.2. The second-order valence-electron chi connectivity index (χ2n) is 4.48. The number of ether oxygens (including phenoxy) is 1. The van der Waals surface area contributed by atoms with E-state index in [2.05, 4.69) is 5.32 Å². The molecule has 0 amide bonds. The van der Waals surface area contributed by atoms with E-state index in [9.17, 15) is 8.42 Å². The zero-order valence-electron chi connectivity index (χ0n) is 10.8. The van der Waals surface area contributed by atoms with Crippen LogP contribution in [0.2, 0.25) is 0 Å². The van der Waals surface area contributed by atoms with Gasteiger partial charge in [0.2, 0.25) is 0 Å². The van der Waals surface area contributed by atoms with Gasteiger partial charge in [-0.3, -0.25) is 0 Å². The monoisotopic (exact) mass is 269 g/mol. The molecule has 100 valence electrons. The van der Waals surface area contributed by atoms with Crippen molar-refractivity contribution in [2.24, 2.45) is 0 Å². The van der Waals surface area contributed by atoms with E-state index in [0.717, 1.165) is 18.5 Å². The van der Waals surface area contributed by atoms with E-state index >= 15 is 0 Å². The SMILES string of the molecule is CCNC1CCCS(=O)(=O)c2ccc(OC)cc21. The molecule has 0 spiro atoms. The zero-order valence-corrected chi connectivity index (χ0v) is 11.6. The Labute approximate surface area is 108 Å². The summed E-state index contributed by atoms with van der Waals surface area (Å²) < 4.78 is 29.5. The molecule has 1 aliphatic heterocycles. The van der Waals surface area contributed by atoms with Crippen molar-refractivity contribution < 1.29 is 13.2 Å². The molecular formula is C13H19NO3S. The Bertz CT molecular complexity index is 525. The van der Waals surface area contributed by atoms with Crippen molar-refractivity contribution in [1.29, 1.82) is 0 Å². The first-order valence-corrected chi connectivity index (χ1v) is 7.88. The van der Waals surface area contributed by atoms with Crippen LogP contribution in [-0.4, -0.2) is 27.8 Å². The van der Waals surface area contributed by atoms with Gasteiger partial charge in [-0.1, -0.05) is 6.92 Å². The maximum atomic E-state index is 12.2. The molecule has 0 saturated carbocycles. The standard InChI is InChI=1S/C13H19NO3S/c1-3-14-12-5-4-8-18(15,16)13-7-6-10(17-2)9-11(12)13/h6-7,9,12,14H,3-5,8H2,1-2H3. The van der Waals surface area contributed by atoms with Crippen molar-refractivity contribution in [3.05, 3.63) is 23.8 Å². The molecule has 1 atom stereocenters. The number of benzene rings is 1. The van der Waals surface area contributed by atoms with Crippen molar-refractivity contribution in [2.75, 3.05) is 19.4 Å². The van der Waals surface area contributed by atoms with Gasteiger partial charge in [0.05, 0.1) is 17.8 Å². The molecule has 0 bridgehead atoms. The van der Waals surface area contributed by atoms with Crippen LogP contribution in [0.5, 0.6) is 5.75 Å². The Balaban J connectivity index is 2.55. The van der Waals surface area contributed by atoms with Crippen molar-refractivity contribution in [1.82, 2.24) is 5.32 Å². The van der Waals surface area contributed by atoms with Crippen LogP contribution in [0.25, 0.3) is 0 Å². The van der Waals surface area contributed by atoms with E-state index in [-0.39, 0.29) is 11.8 Å². The van der Waals surface area contributed by atoms with Crippen molar-refractivity contribution >= 4 is 9.84 Å². The molecule has 0 saturated heterocycles. The highest BCUT2D eigenvalue weighted by Crippen LogP contribution is 2.33. The lowest BCUT2D eigenvalue weighted by Gasteiger charge is -2.18. The quantitative estimate of drug-likeness (QED) is 0.910. The molecule has 18 heavy (non-hydrogen) atoms. The molecule has 1 N–H and O–H groups in total. The molecule has 1 aromatic carbocycles. The van der Waals surface area contributed by atoms with Gasteiger partial charge < -0.3 is 10.1 Å². The summed E-state index contributed by atoms with van der Waals surface area (Å²) in [6.45, 7) is 2.85. The normalized spacial score (nSPS) is 22.0. The van der Waals surface area contributed by atoms with Crippen LogP contribution in [0, 0.1) is 0 Å². The summed E-state index contributed by atoms with van der Waals surface area (Å²) in [6, 6.07) is 5.31. The molecule has 5 heteroatoms. The third-order valence-electron chi connectivity index (χ3n) is 3.28. The first-order chi connectivity index (χ1) is 8.58. The number of hydrogen-bond acceptors (Lipinski definition) is 4. The molecular weight excluding hydrogens is 250 g/mol. The third-order valence-corrected chi connectivity index (χ3v) is 5.15. The van der Waals surface area contributed by atoms with Gasteiger partial charge in [0.1, 0.15) is 5.75 Å². The van der Waals surface area contributed by atoms with Crippen molar-refractivity contribution in [2.45, 2.75) is 30.7 Å². The van der Waals surface area contributed by atoms with E-state index in [1.54, 1.807) is 19.2 Å². The zero-order chi connectivity index (χ0) is 13.2. The second kappa shape index (κ2) is 5.28. The van der Waals surface area contributed by atoms with E-state index in [0.29, 0.717) is 17.1 Å². The summed E-state index contributed by atoms with van der Waals surface area (Å²) in [5, 5.41) is 3.35. The molecule has 0 aromatic heterocycles. The number of hydrogen-bond donors (Lipinski definition) is 1. The lowest BCUT2D eigenvalue weighted by Crippen LogP contribution is -2.21. The predicted octanol–water partition coefficient (Wildman–Crippen LogP) is 1.91. The average Bonchev–Trinajstić information content (AvgIpc) is 2.47. The largest absolute Gasteiger partial charge is 0.497 e. The van der Waals surface area contributed by atoms with Crippen LogP contribution in [0.4, 0.5) is 0 Å². The minimum absolute atomic E-state index is 0.0948. The Morgan fingerprint density at radius 3 is 2.89 bits per heavy atom. The molecule has 1 aromatic rings. The average molecular weight is 269 g/mol. The summed E-state index contributed by atoms with van der Waals surface area (Å²) in [6.07, 6.45) is 1.53. The lowest BCUT2D eigenvalue weighted by atomic mass is 10.0. The number of methoxy groups -OCH3 is 1. The fourth-order valence-electron chi connectivity index (χ4n) is 2.41. The topological polar surface area (TPSA) is 55.4 Å². The summed E-state index contributed by atoms with van der Waals surface area (Å²) >= 11 is 0. The van der Waals surface area contributed by atoms with E-state index < -0.39 is 9.84 Å². The number of sulfone groups is 1. The van der Waals surface area contributed by atoms with E-state index in [4.69, 9.17) is 4.74 Å². The van der Waals surface area contributed by atoms with Crippen LogP contribution in [-0.2, 0) is 9.84 Å². The Morgan fingerprint density at radius 2 is 2.22 bits per heavy atom. The maximum absolute atomic E-state index is 12.2. The van der Waals surface area contributed by atoms with Gasteiger partial charge >= 0.3 is 0 Å². The Hall–Kier alpha value is -1.07. The Morgan fingerprint density at radius 1 is 1.44 bits per heavy atom. The third kappa shape index (κ3) is 2.52. The summed E-state index contributed by atoms with van der Waals surface area (Å²) in [5.74, 6) is 0.933. The van der Waals surface area contributed by atoms with Gasteiger partial charge in [0.15, 0.2) is 9.84 Å². The Kier molecular flexibility index (Phi) is 3.92. The first kappa shape index (κ1) is 13.4. The number of rotatable bonds is 3. The highest BCUT2D eigenvalue weighted by molar-refractivity contribution is 7.91. The highest BCUT2D eigenvalue weighted by Gasteiger charge is 2.27. The van der Waals surface area contributed by atoms with Gasteiger partial charge in [-0.25, -0.2) is 8.42 Å². The molecule has 1 heterocycles. The molecule has 0 radical (unpaired) electrons. The summed E-state index contributed by atoms with van der Waals surface area (Å²) in [5.41, 5.74) is 0.841. The van der Waals surface area contributed by atoms with Gasteiger partial charge in [-0.15, -0.1) is 0 Å². The van der Waals surface area contributed by atoms with Crippen LogP contribution in [0.1, 0.15) is 31.4 Å². The van der Waals surface area contributed by atoms with Crippen molar-refractivity contribution in [3.63, 3.8) is 0 Å². The van der Waals surface area contributed by atoms with Crippen LogP contribution < -0.4 is 10.1 Å². The fourth-order valence-corrected chi connectivity index (χ4v) is 4.01. The minimum Gasteiger partial charge on any atom is -0.497 e. The summed E-state index contributed by atoms with van der Waals surface area (Å²) in [7, 11) is -1.56. The predicted molar refractivity (Wildman–Crippen MR) is 70.7 cm³/mol. The van der Waals surface area contributed by atoms with Gasteiger partial charge in [0, 0.05) is 6.04 Å². The van der Waals surface area contributed by atoms with Gasteiger partial charge in [-0.05, 0) is 43.1 Å². The molecule has 1 unspecified atom stereocenters. The first-order valence-electron chi connectivity index (χ1n) is 6.22. The van der Waals surface area contributed by atoms with Gasteiger partial charge in [0.25, 0.3) is 0 Å². The van der Waals surface area contributed by atoms with Crippen LogP contribution in [0.15, 0.2) is 23.1 Å². The van der Waals surface area contributed by atoms with Gasteiger partial charge in [-0.2, -0.15) is 0 Å². The van der Waals surface area contributed by atoms with Crippen LogP contribution >= 0.6 is 0 Å². The smallest absolute Gasteiger partial charge is 0.178 e. The van der Waals surface area contributed by atoms with Crippen LogP contribution in [0.3, 0.4) is 0 Å². The molecule has 1 aliphatic rings. The fraction of sp³-hybridized carbons (Fsp3) is 0.538.